The Morgan fingerprint density at radius 1 is 1.62 bits per heavy atom. The predicted octanol–water partition coefficient (Wildman–Crippen LogP) is 0.927. The molecular formula is C11H17NO4. The lowest BCUT2D eigenvalue weighted by Crippen LogP contribution is -2.23. The number of furan rings is 1. The summed E-state index contributed by atoms with van der Waals surface area (Å²) in [5.41, 5.74) is 0. The van der Waals surface area contributed by atoms with Crippen molar-refractivity contribution in [2.75, 3.05) is 13.2 Å². The lowest BCUT2D eigenvalue weighted by atomic mass is 10.4. The number of rotatable bonds is 6. The summed E-state index contributed by atoms with van der Waals surface area (Å²) in [6.07, 6.45) is -0.403. The van der Waals surface area contributed by atoms with Crippen LogP contribution >= 0.6 is 0 Å². The minimum Gasteiger partial charge on any atom is -0.460 e. The first-order valence-corrected chi connectivity index (χ1v) is 5.28. The van der Waals surface area contributed by atoms with Gasteiger partial charge in [0.25, 0.3) is 0 Å². The third kappa shape index (κ3) is 4.04. The van der Waals surface area contributed by atoms with Gasteiger partial charge in [-0.25, -0.2) is 4.79 Å². The molecule has 0 amide bonds. The van der Waals surface area contributed by atoms with Crippen molar-refractivity contribution >= 4 is 5.97 Å². The van der Waals surface area contributed by atoms with E-state index in [4.69, 9.17) is 14.3 Å². The number of esters is 1. The number of ether oxygens (including phenoxy) is 1. The van der Waals surface area contributed by atoms with E-state index in [1.165, 1.54) is 0 Å². The molecular weight excluding hydrogens is 210 g/mol. The average Bonchev–Trinajstić information content (AvgIpc) is 2.66. The Labute approximate surface area is 94.4 Å². The molecule has 5 nitrogen and oxygen atoms in total. The van der Waals surface area contributed by atoms with Crippen LogP contribution < -0.4 is 5.32 Å². The SMILES string of the molecule is CCOC(=O)c1ccc(CNC[C@@H](C)O)o1. The second kappa shape index (κ2) is 6.30. The van der Waals surface area contributed by atoms with Gasteiger partial charge in [0.05, 0.1) is 19.3 Å². The Hall–Kier alpha value is -1.33. The van der Waals surface area contributed by atoms with Gasteiger partial charge in [0.15, 0.2) is 0 Å². The number of nitrogens with one attached hydrogen (secondary N) is 1. The molecule has 0 aromatic carbocycles. The molecule has 90 valence electrons. The Balaban J connectivity index is 2.42. The molecule has 0 saturated carbocycles. The van der Waals surface area contributed by atoms with Crippen molar-refractivity contribution < 1.29 is 19.1 Å². The van der Waals surface area contributed by atoms with Crippen LogP contribution in [0.4, 0.5) is 0 Å². The first-order chi connectivity index (χ1) is 7.63. The van der Waals surface area contributed by atoms with Crippen molar-refractivity contribution in [3.8, 4) is 0 Å². The summed E-state index contributed by atoms with van der Waals surface area (Å²) in [7, 11) is 0. The number of aliphatic hydroxyl groups is 1. The lowest BCUT2D eigenvalue weighted by molar-refractivity contribution is 0.0487. The summed E-state index contributed by atoms with van der Waals surface area (Å²) in [5, 5.41) is 12.0. The maximum absolute atomic E-state index is 11.3. The number of carbonyl (C=O) groups excluding carboxylic acids is 1. The zero-order valence-electron chi connectivity index (χ0n) is 9.53. The van der Waals surface area contributed by atoms with Gasteiger partial charge < -0.3 is 19.6 Å². The molecule has 2 N–H and O–H groups in total. The molecule has 1 aromatic rings. The summed E-state index contributed by atoms with van der Waals surface area (Å²) in [6, 6.07) is 3.29. The van der Waals surface area contributed by atoms with Crippen LogP contribution in [-0.4, -0.2) is 30.3 Å². The molecule has 5 heteroatoms. The summed E-state index contributed by atoms with van der Waals surface area (Å²) in [4.78, 5) is 11.3. The van der Waals surface area contributed by atoms with Gasteiger partial charge in [0.2, 0.25) is 5.76 Å². The van der Waals surface area contributed by atoms with Gasteiger partial charge >= 0.3 is 5.97 Å². The highest BCUT2D eigenvalue weighted by Crippen LogP contribution is 2.08. The van der Waals surface area contributed by atoms with Crippen LogP contribution in [0, 0.1) is 0 Å². The van der Waals surface area contributed by atoms with E-state index in [1.807, 2.05) is 0 Å². The molecule has 0 aliphatic rings. The molecule has 0 spiro atoms. The molecule has 1 heterocycles. The highest BCUT2D eigenvalue weighted by Gasteiger charge is 2.11. The molecule has 0 bridgehead atoms. The van der Waals surface area contributed by atoms with Gasteiger partial charge in [-0.1, -0.05) is 0 Å². The molecule has 1 atom stereocenters. The van der Waals surface area contributed by atoms with Crippen molar-refractivity contribution in [2.24, 2.45) is 0 Å². The normalized spacial score (nSPS) is 12.4. The van der Waals surface area contributed by atoms with Crippen molar-refractivity contribution in [2.45, 2.75) is 26.5 Å². The second-order valence-corrected chi connectivity index (χ2v) is 3.47. The van der Waals surface area contributed by atoms with Crippen molar-refractivity contribution in [3.63, 3.8) is 0 Å². The fourth-order valence-electron chi connectivity index (χ4n) is 1.19. The van der Waals surface area contributed by atoms with E-state index in [-0.39, 0.29) is 5.76 Å². The molecule has 1 rings (SSSR count). The standard InChI is InChI=1S/C11H17NO4/c1-3-15-11(14)10-5-4-9(16-10)7-12-6-8(2)13/h4-5,8,12-13H,3,6-7H2,1-2H3/t8-/m1/s1. The van der Waals surface area contributed by atoms with Crippen molar-refractivity contribution in [1.82, 2.24) is 5.32 Å². The average molecular weight is 227 g/mol. The highest BCUT2D eigenvalue weighted by molar-refractivity contribution is 5.86. The molecule has 0 unspecified atom stereocenters. The zero-order valence-corrected chi connectivity index (χ0v) is 9.53. The van der Waals surface area contributed by atoms with E-state index in [0.29, 0.717) is 25.5 Å². The van der Waals surface area contributed by atoms with Gasteiger partial charge in [-0.15, -0.1) is 0 Å². The summed E-state index contributed by atoms with van der Waals surface area (Å²) in [6.45, 7) is 4.72. The number of hydrogen-bond acceptors (Lipinski definition) is 5. The van der Waals surface area contributed by atoms with Gasteiger partial charge in [0.1, 0.15) is 5.76 Å². The quantitative estimate of drug-likeness (QED) is 0.707. The summed E-state index contributed by atoms with van der Waals surface area (Å²) >= 11 is 0. The van der Waals surface area contributed by atoms with Crippen LogP contribution in [0.1, 0.15) is 30.2 Å². The molecule has 0 saturated heterocycles. The Kier molecular flexibility index (Phi) is 5.01. The number of hydrogen-bond donors (Lipinski definition) is 2. The second-order valence-electron chi connectivity index (χ2n) is 3.47. The number of aliphatic hydroxyl groups excluding tert-OH is 1. The van der Waals surface area contributed by atoms with Crippen LogP contribution in [0.2, 0.25) is 0 Å². The molecule has 0 radical (unpaired) electrons. The first kappa shape index (κ1) is 12.7. The van der Waals surface area contributed by atoms with E-state index in [2.05, 4.69) is 5.32 Å². The van der Waals surface area contributed by atoms with Crippen molar-refractivity contribution in [3.05, 3.63) is 23.7 Å². The fourth-order valence-corrected chi connectivity index (χ4v) is 1.19. The zero-order chi connectivity index (χ0) is 12.0. The maximum atomic E-state index is 11.3. The fraction of sp³-hybridized carbons (Fsp3) is 0.545. The molecule has 1 aromatic heterocycles. The minimum absolute atomic E-state index is 0.204. The van der Waals surface area contributed by atoms with Gasteiger partial charge in [0, 0.05) is 6.54 Å². The molecule has 0 aliphatic carbocycles. The van der Waals surface area contributed by atoms with E-state index >= 15 is 0 Å². The third-order valence-electron chi connectivity index (χ3n) is 1.88. The van der Waals surface area contributed by atoms with E-state index in [0.717, 1.165) is 0 Å². The molecule has 16 heavy (non-hydrogen) atoms. The largest absolute Gasteiger partial charge is 0.460 e. The van der Waals surface area contributed by atoms with Gasteiger partial charge in [-0.2, -0.15) is 0 Å². The van der Waals surface area contributed by atoms with E-state index in [9.17, 15) is 4.79 Å². The Morgan fingerprint density at radius 3 is 3.00 bits per heavy atom. The molecule has 0 fully saturated rings. The maximum Gasteiger partial charge on any atom is 0.374 e. The summed E-state index contributed by atoms with van der Waals surface area (Å²) < 4.78 is 10.1. The lowest BCUT2D eigenvalue weighted by Gasteiger charge is -2.04. The summed E-state index contributed by atoms with van der Waals surface area (Å²) in [5.74, 6) is 0.392. The number of carbonyl (C=O) groups is 1. The van der Waals surface area contributed by atoms with E-state index < -0.39 is 12.1 Å². The smallest absolute Gasteiger partial charge is 0.374 e. The third-order valence-corrected chi connectivity index (χ3v) is 1.88. The van der Waals surface area contributed by atoms with Crippen LogP contribution in [0.25, 0.3) is 0 Å². The van der Waals surface area contributed by atoms with Crippen LogP contribution in [0.15, 0.2) is 16.5 Å². The Bertz CT molecular complexity index is 332. The predicted molar refractivity (Wildman–Crippen MR) is 58.1 cm³/mol. The topological polar surface area (TPSA) is 71.7 Å². The van der Waals surface area contributed by atoms with Crippen molar-refractivity contribution in [1.29, 1.82) is 0 Å². The molecule has 0 aliphatic heterocycles. The monoisotopic (exact) mass is 227 g/mol. The minimum atomic E-state index is -0.454. The van der Waals surface area contributed by atoms with Crippen LogP contribution in [0.5, 0.6) is 0 Å². The van der Waals surface area contributed by atoms with E-state index in [1.54, 1.807) is 26.0 Å². The Morgan fingerprint density at radius 2 is 2.38 bits per heavy atom. The van der Waals surface area contributed by atoms with Crippen LogP contribution in [-0.2, 0) is 11.3 Å². The van der Waals surface area contributed by atoms with Gasteiger partial charge in [-0.05, 0) is 26.0 Å². The van der Waals surface area contributed by atoms with Crippen LogP contribution in [0.3, 0.4) is 0 Å². The highest BCUT2D eigenvalue weighted by atomic mass is 16.5. The first-order valence-electron chi connectivity index (χ1n) is 5.28. The van der Waals surface area contributed by atoms with Gasteiger partial charge in [-0.3, -0.25) is 0 Å².